The Morgan fingerprint density at radius 3 is 2.64 bits per heavy atom. The van der Waals surface area contributed by atoms with Gasteiger partial charge in [0.15, 0.2) is 5.96 Å². The topological polar surface area (TPSA) is 68.9 Å². The summed E-state index contributed by atoms with van der Waals surface area (Å²) in [5.41, 5.74) is 5.84. The largest absolute Gasteiger partial charge is 0.381 e. The number of aliphatic imine (C=N–C) groups is 1. The summed E-state index contributed by atoms with van der Waals surface area (Å²) in [6, 6.07) is 0. The van der Waals surface area contributed by atoms with Crippen LogP contribution in [0, 0.1) is 0 Å². The van der Waals surface area contributed by atoms with E-state index in [1.54, 1.807) is 0 Å². The highest BCUT2D eigenvalue weighted by atomic mass is 16.5. The van der Waals surface area contributed by atoms with Crippen molar-refractivity contribution in [3.63, 3.8) is 0 Å². The summed E-state index contributed by atoms with van der Waals surface area (Å²) in [7, 11) is 0. The number of hydrogen-bond acceptors (Lipinski definition) is 3. The van der Waals surface area contributed by atoms with Gasteiger partial charge in [-0.3, -0.25) is 4.99 Å². The first-order valence-corrected chi connectivity index (χ1v) is 9.06. The molecular weight excluding hydrogens is 278 g/mol. The highest BCUT2D eigenvalue weighted by molar-refractivity contribution is 5.77. The molecule has 1 rings (SSSR count). The number of guanidine groups is 1. The van der Waals surface area contributed by atoms with Crippen molar-refractivity contribution in [1.82, 2.24) is 5.32 Å². The second kappa shape index (κ2) is 13.8. The van der Waals surface area contributed by atoms with Gasteiger partial charge in [0.2, 0.25) is 0 Å². The molecule has 1 heterocycles. The minimum absolute atomic E-state index is 0.376. The monoisotopic (exact) mass is 313 g/mol. The third-order valence-electron chi connectivity index (χ3n) is 3.94. The Balaban J connectivity index is 1.87. The summed E-state index contributed by atoms with van der Waals surface area (Å²) in [4.78, 5) is 4.33. The van der Waals surface area contributed by atoms with E-state index in [-0.39, 0.29) is 0 Å². The van der Waals surface area contributed by atoms with Crippen molar-refractivity contribution < 1.29 is 9.47 Å². The van der Waals surface area contributed by atoms with Gasteiger partial charge in [0.05, 0.1) is 6.10 Å². The van der Waals surface area contributed by atoms with E-state index in [1.807, 2.05) is 0 Å². The molecule has 1 aliphatic heterocycles. The molecule has 0 saturated carbocycles. The van der Waals surface area contributed by atoms with Crippen molar-refractivity contribution >= 4 is 5.96 Å². The van der Waals surface area contributed by atoms with Gasteiger partial charge in [-0.25, -0.2) is 0 Å². The van der Waals surface area contributed by atoms with Crippen LogP contribution >= 0.6 is 0 Å². The highest BCUT2D eigenvalue weighted by Gasteiger charge is 2.13. The standard InChI is InChI=1S/C17H35N3O2/c1-2-3-4-5-6-7-11-19-17(18)20-12-8-13-22-16-9-14-21-15-10-16/h16H,2-15H2,1H3,(H3,18,19,20). The molecule has 0 radical (unpaired) electrons. The first-order chi connectivity index (χ1) is 10.8. The molecule has 0 aromatic heterocycles. The van der Waals surface area contributed by atoms with Gasteiger partial charge in [0.25, 0.3) is 0 Å². The third-order valence-corrected chi connectivity index (χ3v) is 3.94. The molecule has 0 bridgehead atoms. The number of rotatable bonds is 12. The van der Waals surface area contributed by atoms with E-state index in [9.17, 15) is 0 Å². The second-order valence-electron chi connectivity index (χ2n) is 6.00. The summed E-state index contributed by atoms with van der Waals surface area (Å²) in [5, 5.41) is 3.18. The van der Waals surface area contributed by atoms with E-state index < -0.39 is 0 Å². The Morgan fingerprint density at radius 2 is 1.86 bits per heavy atom. The van der Waals surface area contributed by atoms with Crippen molar-refractivity contribution in [1.29, 1.82) is 0 Å². The van der Waals surface area contributed by atoms with E-state index in [0.29, 0.717) is 12.1 Å². The normalized spacial score (nSPS) is 16.9. The van der Waals surface area contributed by atoms with Crippen molar-refractivity contribution in [2.45, 2.75) is 70.8 Å². The Hall–Kier alpha value is -0.810. The van der Waals surface area contributed by atoms with Crippen LogP contribution in [0.3, 0.4) is 0 Å². The molecule has 130 valence electrons. The number of hydrogen-bond donors (Lipinski definition) is 2. The van der Waals surface area contributed by atoms with Gasteiger partial charge < -0.3 is 20.5 Å². The van der Waals surface area contributed by atoms with E-state index >= 15 is 0 Å². The minimum Gasteiger partial charge on any atom is -0.381 e. The van der Waals surface area contributed by atoms with Gasteiger partial charge in [-0.2, -0.15) is 0 Å². The second-order valence-corrected chi connectivity index (χ2v) is 6.00. The predicted octanol–water partition coefficient (Wildman–Crippen LogP) is 2.84. The number of nitrogens with zero attached hydrogens (tertiary/aromatic N) is 1. The maximum Gasteiger partial charge on any atom is 0.188 e. The summed E-state index contributed by atoms with van der Waals surface area (Å²) >= 11 is 0. The molecule has 0 aromatic carbocycles. The van der Waals surface area contributed by atoms with E-state index in [0.717, 1.165) is 52.2 Å². The van der Waals surface area contributed by atoms with Crippen molar-refractivity contribution in [3.8, 4) is 0 Å². The number of unbranched alkanes of at least 4 members (excludes halogenated alkanes) is 5. The molecule has 5 heteroatoms. The first kappa shape index (κ1) is 19.2. The third kappa shape index (κ3) is 10.9. The molecule has 0 aromatic rings. The van der Waals surface area contributed by atoms with Gasteiger partial charge in [0, 0.05) is 32.9 Å². The molecule has 3 N–H and O–H groups in total. The zero-order valence-corrected chi connectivity index (χ0v) is 14.3. The lowest BCUT2D eigenvalue weighted by atomic mass is 10.1. The summed E-state index contributed by atoms with van der Waals surface area (Å²) in [6.45, 7) is 6.33. The van der Waals surface area contributed by atoms with Crippen LogP contribution in [0.5, 0.6) is 0 Å². The molecule has 0 atom stereocenters. The first-order valence-electron chi connectivity index (χ1n) is 9.06. The quantitative estimate of drug-likeness (QED) is 0.330. The highest BCUT2D eigenvalue weighted by Crippen LogP contribution is 2.10. The molecule has 0 unspecified atom stereocenters. The Bertz CT molecular complexity index is 279. The van der Waals surface area contributed by atoms with E-state index in [2.05, 4.69) is 17.2 Å². The molecule has 1 saturated heterocycles. The Kier molecular flexibility index (Phi) is 12.1. The number of ether oxygens (including phenoxy) is 2. The van der Waals surface area contributed by atoms with E-state index in [4.69, 9.17) is 15.2 Å². The zero-order chi connectivity index (χ0) is 15.9. The zero-order valence-electron chi connectivity index (χ0n) is 14.3. The van der Waals surface area contributed by atoms with Gasteiger partial charge in [-0.15, -0.1) is 0 Å². The molecule has 5 nitrogen and oxygen atoms in total. The Morgan fingerprint density at radius 1 is 1.14 bits per heavy atom. The van der Waals surface area contributed by atoms with Crippen LogP contribution in [0.2, 0.25) is 0 Å². The average Bonchev–Trinajstić information content (AvgIpc) is 2.54. The van der Waals surface area contributed by atoms with Gasteiger partial charge in [-0.1, -0.05) is 39.0 Å². The minimum atomic E-state index is 0.376. The number of nitrogens with one attached hydrogen (secondary N) is 1. The lowest BCUT2D eigenvalue weighted by molar-refractivity contribution is -0.0318. The fraction of sp³-hybridized carbons (Fsp3) is 0.941. The van der Waals surface area contributed by atoms with Crippen molar-refractivity contribution in [3.05, 3.63) is 0 Å². The van der Waals surface area contributed by atoms with Crippen LogP contribution in [-0.2, 0) is 9.47 Å². The lowest BCUT2D eigenvalue weighted by Gasteiger charge is -2.22. The maximum absolute atomic E-state index is 5.84. The summed E-state index contributed by atoms with van der Waals surface area (Å²) in [6.07, 6.45) is 11.1. The van der Waals surface area contributed by atoms with Crippen molar-refractivity contribution in [2.24, 2.45) is 10.7 Å². The van der Waals surface area contributed by atoms with Gasteiger partial charge in [0.1, 0.15) is 0 Å². The molecule has 0 aliphatic carbocycles. The van der Waals surface area contributed by atoms with Crippen LogP contribution in [0.1, 0.15) is 64.7 Å². The van der Waals surface area contributed by atoms with E-state index in [1.165, 1.54) is 38.5 Å². The Labute approximate surface area is 136 Å². The summed E-state index contributed by atoms with van der Waals surface area (Å²) < 4.78 is 11.1. The maximum atomic E-state index is 5.84. The smallest absolute Gasteiger partial charge is 0.188 e. The van der Waals surface area contributed by atoms with Gasteiger partial charge in [-0.05, 0) is 25.7 Å². The average molecular weight is 313 g/mol. The van der Waals surface area contributed by atoms with Crippen LogP contribution in [0.15, 0.2) is 4.99 Å². The SMILES string of the molecule is CCCCCCCCNC(N)=NCCCOC1CCOCC1. The summed E-state index contributed by atoms with van der Waals surface area (Å²) in [5.74, 6) is 0.569. The lowest BCUT2D eigenvalue weighted by Crippen LogP contribution is -2.32. The van der Waals surface area contributed by atoms with Crippen molar-refractivity contribution in [2.75, 3.05) is 32.9 Å². The number of nitrogens with two attached hydrogens (primary N) is 1. The van der Waals surface area contributed by atoms with Crippen LogP contribution < -0.4 is 11.1 Å². The van der Waals surface area contributed by atoms with Crippen LogP contribution in [0.25, 0.3) is 0 Å². The molecule has 0 spiro atoms. The predicted molar refractivity (Wildman–Crippen MR) is 92.3 cm³/mol. The van der Waals surface area contributed by atoms with Gasteiger partial charge >= 0.3 is 0 Å². The molecular formula is C17H35N3O2. The van der Waals surface area contributed by atoms with Crippen LogP contribution in [-0.4, -0.2) is 45.0 Å². The molecule has 22 heavy (non-hydrogen) atoms. The molecule has 1 fully saturated rings. The fourth-order valence-electron chi connectivity index (χ4n) is 2.53. The van der Waals surface area contributed by atoms with Crippen LogP contribution in [0.4, 0.5) is 0 Å². The fourth-order valence-corrected chi connectivity index (χ4v) is 2.53. The molecule has 1 aliphatic rings. The molecule has 0 amide bonds.